The van der Waals surface area contributed by atoms with E-state index >= 15 is 0 Å². The second kappa shape index (κ2) is 7.76. The van der Waals surface area contributed by atoms with Crippen LogP contribution in [0.2, 0.25) is 0 Å². The summed E-state index contributed by atoms with van der Waals surface area (Å²) in [5.41, 5.74) is 0. The van der Waals surface area contributed by atoms with Crippen LogP contribution in [-0.2, 0) is 14.3 Å². The second-order valence-electron chi connectivity index (χ2n) is 3.14. The van der Waals surface area contributed by atoms with Crippen LogP contribution >= 0.6 is 0 Å². The lowest BCUT2D eigenvalue weighted by Gasteiger charge is -2.20. The van der Waals surface area contributed by atoms with Gasteiger partial charge >= 0.3 is 5.97 Å². The molecule has 0 saturated carbocycles. The molecule has 4 nitrogen and oxygen atoms in total. The highest BCUT2D eigenvalue weighted by Gasteiger charge is 2.25. The zero-order valence-electron chi connectivity index (χ0n) is 9.16. The first-order valence-electron chi connectivity index (χ1n) is 5.09. The van der Waals surface area contributed by atoms with Crippen molar-refractivity contribution >= 4 is 5.97 Å². The van der Waals surface area contributed by atoms with Crippen LogP contribution in [0.1, 0.15) is 33.6 Å². The van der Waals surface area contributed by atoms with Crippen LogP contribution in [-0.4, -0.2) is 36.5 Å². The summed E-state index contributed by atoms with van der Waals surface area (Å²) in [5.74, 6) is -0.956. The molecule has 0 aromatic rings. The average molecular weight is 204 g/mol. The van der Waals surface area contributed by atoms with Crippen molar-refractivity contribution < 1.29 is 19.4 Å². The van der Waals surface area contributed by atoms with Crippen molar-refractivity contribution in [2.45, 2.75) is 45.8 Å². The molecule has 2 atom stereocenters. The first-order chi connectivity index (χ1) is 6.63. The number of hydrogen-bond acceptors (Lipinski definition) is 3. The number of hydrogen-bond donors (Lipinski definition) is 1. The Morgan fingerprint density at radius 2 is 2.00 bits per heavy atom. The van der Waals surface area contributed by atoms with E-state index in [9.17, 15) is 4.79 Å². The van der Waals surface area contributed by atoms with E-state index in [-0.39, 0.29) is 0 Å². The summed E-state index contributed by atoms with van der Waals surface area (Å²) in [5, 5.41) is 8.86. The number of unbranched alkanes of at least 4 members (excludes halogenated alkanes) is 1. The molecule has 14 heavy (non-hydrogen) atoms. The third-order valence-electron chi connectivity index (χ3n) is 1.89. The second-order valence-corrected chi connectivity index (χ2v) is 3.14. The largest absolute Gasteiger partial charge is 0.479 e. The molecule has 0 aromatic carbocycles. The Labute approximate surface area is 85.2 Å². The lowest BCUT2D eigenvalue weighted by molar-refractivity contribution is -0.160. The Bertz CT molecular complexity index is 158. The van der Waals surface area contributed by atoms with E-state index in [1.807, 2.05) is 13.8 Å². The molecule has 0 aliphatic rings. The number of ether oxygens (including phenoxy) is 2. The molecule has 0 aliphatic heterocycles. The zero-order chi connectivity index (χ0) is 11.0. The van der Waals surface area contributed by atoms with E-state index in [0.717, 1.165) is 12.8 Å². The predicted molar refractivity (Wildman–Crippen MR) is 53.4 cm³/mol. The molecule has 0 aliphatic carbocycles. The third kappa shape index (κ3) is 5.19. The smallest absolute Gasteiger partial charge is 0.335 e. The van der Waals surface area contributed by atoms with E-state index < -0.39 is 18.2 Å². The lowest BCUT2D eigenvalue weighted by Crippen LogP contribution is -2.36. The van der Waals surface area contributed by atoms with Gasteiger partial charge in [0.15, 0.2) is 6.10 Å². The van der Waals surface area contributed by atoms with Crippen molar-refractivity contribution in [2.24, 2.45) is 0 Å². The molecule has 0 fully saturated rings. The summed E-state index contributed by atoms with van der Waals surface area (Å²) in [6, 6.07) is 0. The van der Waals surface area contributed by atoms with Crippen LogP contribution in [0.4, 0.5) is 0 Å². The van der Waals surface area contributed by atoms with Crippen molar-refractivity contribution in [1.82, 2.24) is 0 Å². The molecule has 0 heterocycles. The lowest BCUT2D eigenvalue weighted by atomic mass is 10.2. The van der Waals surface area contributed by atoms with Crippen LogP contribution in [0, 0.1) is 0 Å². The quantitative estimate of drug-likeness (QED) is 0.611. The van der Waals surface area contributed by atoms with Gasteiger partial charge in [0.05, 0.1) is 6.10 Å². The minimum Gasteiger partial charge on any atom is -0.479 e. The Morgan fingerprint density at radius 3 is 2.43 bits per heavy atom. The van der Waals surface area contributed by atoms with Gasteiger partial charge in [0.2, 0.25) is 0 Å². The molecule has 4 heteroatoms. The number of rotatable bonds is 8. The molecular formula is C10H20O4. The van der Waals surface area contributed by atoms with Gasteiger partial charge in [-0.25, -0.2) is 4.79 Å². The summed E-state index contributed by atoms with van der Waals surface area (Å²) in [4.78, 5) is 10.8. The van der Waals surface area contributed by atoms with Crippen molar-refractivity contribution in [1.29, 1.82) is 0 Å². The molecule has 1 N–H and O–H groups in total. The van der Waals surface area contributed by atoms with Crippen molar-refractivity contribution in [3.05, 3.63) is 0 Å². The highest BCUT2D eigenvalue weighted by atomic mass is 16.6. The molecule has 84 valence electrons. The maximum atomic E-state index is 10.8. The van der Waals surface area contributed by atoms with Gasteiger partial charge in [-0.15, -0.1) is 0 Å². The van der Waals surface area contributed by atoms with Crippen molar-refractivity contribution in [2.75, 3.05) is 13.2 Å². The SMILES string of the molecule is CCCCOC(C(=O)O)C(C)OCC. The van der Waals surface area contributed by atoms with Gasteiger partial charge in [-0.05, 0) is 20.3 Å². The van der Waals surface area contributed by atoms with Crippen LogP contribution in [0.3, 0.4) is 0 Å². The molecule has 0 aromatic heterocycles. The first-order valence-corrected chi connectivity index (χ1v) is 5.09. The van der Waals surface area contributed by atoms with Crippen LogP contribution < -0.4 is 0 Å². The van der Waals surface area contributed by atoms with E-state index in [0.29, 0.717) is 13.2 Å². The Morgan fingerprint density at radius 1 is 1.36 bits per heavy atom. The topological polar surface area (TPSA) is 55.8 Å². The first kappa shape index (κ1) is 13.4. The Kier molecular flexibility index (Phi) is 7.42. The van der Waals surface area contributed by atoms with E-state index in [1.165, 1.54) is 0 Å². The van der Waals surface area contributed by atoms with E-state index in [1.54, 1.807) is 6.92 Å². The maximum absolute atomic E-state index is 10.8. The van der Waals surface area contributed by atoms with Crippen LogP contribution in [0.25, 0.3) is 0 Å². The molecule has 2 unspecified atom stereocenters. The highest BCUT2D eigenvalue weighted by Crippen LogP contribution is 2.05. The molecular weight excluding hydrogens is 184 g/mol. The minimum absolute atomic E-state index is 0.394. The summed E-state index contributed by atoms with van der Waals surface area (Å²) in [6.45, 7) is 6.56. The summed E-state index contributed by atoms with van der Waals surface area (Å²) < 4.78 is 10.4. The predicted octanol–water partition coefficient (Wildman–Crippen LogP) is 1.68. The monoisotopic (exact) mass is 204 g/mol. The Hall–Kier alpha value is -0.610. The summed E-state index contributed by atoms with van der Waals surface area (Å²) in [6.07, 6.45) is 0.633. The standard InChI is InChI=1S/C10H20O4/c1-4-6-7-14-9(10(11)12)8(3)13-5-2/h8-9H,4-7H2,1-3H3,(H,11,12). The molecule has 0 spiro atoms. The van der Waals surface area contributed by atoms with Crippen molar-refractivity contribution in [3.63, 3.8) is 0 Å². The fourth-order valence-electron chi connectivity index (χ4n) is 1.11. The molecule has 0 amide bonds. The molecule has 0 saturated heterocycles. The highest BCUT2D eigenvalue weighted by molar-refractivity contribution is 5.73. The van der Waals surface area contributed by atoms with Gasteiger partial charge < -0.3 is 14.6 Å². The van der Waals surface area contributed by atoms with Crippen molar-refractivity contribution in [3.8, 4) is 0 Å². The van der Waals surface area contributed by atoms with Gasteiger partial charge in [0, 0.05) is 13.2 Å². The molecule has 0 radical (unpaired) electrons. The third-order valence-corrected chi connectivity index (χ3v) is 1.89. The maximum Gasteiger partial charge on any atom is 0.335 e. The van der Waals surface area contributed by atoms with Gasteiger partial charge in [0.25, 0.3) is 0 Å². The van der Waals surface area contributed by atoms with Crippen LogP contribution in [0.15, 0.2) is 0 Å². The summed E-state index contributed by atoms with van der Waals surface area (Å²) >= 11 is 0. The van der Waals surface area contributed by atoms with Gasteiger partial charge in [-0.3, -0.25) is 0 Å². The van der Waals surface area contributed by atoms with Gasteiger partial charge in [-0.1, -0.05) is 13.3 Å². The number of carboxylic acids is 1. The van der Waals surface area contributed by atoms with E-state index in [2.05, 4.69) is 0 Å². The van der Waals surface area contributed by atoms with Gasteiger partial charge in [0.1, 0.15) is 0 Å². The normalized spacial score (nSPS) is 15.1. The number of aliphatic carboxylic acids is 1. The molecule has 0 rings (SSSR count). The average Bonchev–Trinajstić information content (AvgIpc) is 2.12. The summed E-state index contributed by atoms with van der Waals surface area (Å²) in [7, 11) is 0. The molecule has 0 bridgehead atoms. The van der Waals surface area contributed by atoms with Gasteiger partial charge in [-0.2, -0.15) is 0 Å². The zero-order valence-corrected chi connectivity index (χ0v) is 9.16. The van der Waals surface area contributed by atoms with Crippen LogP contribution in [0.5, 0.6) is 0 Å². The number of carbonyl (C=O) groups is 1. The number of carboxylic acid groups (broad SMARTS) is 1. The van der Waals surface area contributed by atoms with E-state index in [4.69, 9.17) is 14.6 Å². The fraction of sp³-hybridized carbons (Fsp3) is 0.900. The Balaban J connectivity index is 3.94. The fourth-order valence-corrected chi connectivity index (χ4v) is 1.11. The minimum atomic E-state index is -0.956.